The van der Waals surface area contributed by atoms with Gasteiger partial charge < -0.3 is 0 Å². The Morgan fingerprint density at radius 3 is 1.94 bits per heavy atom. The zero-order valence-electron chi connectivity index (χ0n) is 12.0. The van der Waals surface area contributed by atoms with Crippen LogP contribution in [0.25, 0.3) is 0 Å². The molecule has 0 saturated carbocycles. The highest BCUT2D eigenvalue weighted by Gasteiger charge is 2.05. The molecule has 0 aliphatic carbocycles. The van der Waals surface area contributed by atoms with Crippen LogP contribution in [-0.2, 0) is 12.8 Å². The molecule has 0 fully saturated rings. The van der Waals surface area contributed by atoms with Crippen LogP contribution in [0.15, 0.2) is 16.6 Å². The van der Waals surface area contributed by atoms with E-state index in [1.54, 1.807) is 6.07 Å². The molecule has 1 rings (SSSR count). The first-order valence-electron chi connectivity index (χ1n) is 6.65. The van der Waals surface area contributed by atoms with Crippen molar-refractivity contribution in [1.82, 2.24) is 0 Å². The molecule has 0 aliphatic rings. The second-order valence-corrected chi connectivity index (χ2v) is 3.99. The van der Waals surface area contributed by atoms with Gasteiger partial charge in [-0.15, -0.1) is 0 Å². The van der Waals surface area contributed by atoms with Crippen LogP contribution >= 0.6 is 15.9 Å². The number of halogens is 2. The average molecular weight is 305 g/mol. The summed E-state index contributed by atoms with van der Waals surface area (Å²) in [5.74, 6) is -0.0749. The summed E-state index contributed by atoms with van der Waals surface area (Å²) in [6.45, 7) is 12.1. The Morgan fingerprint density at radius 2 is 1.53 bits per heavy atom. The van der Waals surface area contributed by atoms with Crippen LogP contribution in [0.5, 0.6) is 0 Å². The van der Waals surface area contributed by atoms with Gasteiger partial charge in [-0.1, -0.05) is 63.9 Å². The van der Waals surface area contributed by atoms with Gasteiger partial charge in [0.05, 0.1) is 0 Å². The summed E-state index contributed by atoms with van der Waals surface area (Å²) < 4.78 is 14.4. The van der Waals surface area contributed by atoms with Crippen molar-refractivity contribution in [2.45, 2.75) is 60.8 Å². The molecule has 0 unspecified atom stereocenters. The molecule has 0 aliphatic heterocycles. The summed E-state index contributed by atoms with van der Waals surface area (Å²) in [7, 11) is 0. The predicted octanol–water partition coefficient (Wildman–Crippen LogP) is 6.16. The first-order chi connectivity index (χ1) is 8.19. The fraction of sp³-hybridized carbons (Fsp3) is 0.600. The third-order valence-electron chi connectivity index (χ3n) is 2.12. The summed E-state index contributed by atoms with van der Waals surface area (Å²) in [5, 5.41) is 0. The molecule has 0 atom stereocenters. The molecule has 2 heteroatoms. The van der Waals surface area contributed by atoms with E-state index in [0.29, 0.717) is 0 Å². The van der Waals surface area contributed by atoms with E-state index in [1.165, 1.54) is 0 Å². The quantitative estimate of drug-likeness (QED) is 0.627. The molecule has 0 saturated heterocycles. The van der Waals surface area contributed by atoms with Gasteiger partial charge in [-0.2, -0.15) is 0 Å². The van der Waals surface area contributed by atoms with Crippen molar-refractivity contribution < 1.29 is 4.39 Å². The maximum absolute atomic E-state index is 13.3. The third kappa shape index (κ3) is 6.82. The summed E-state index contributed by atoms with van der Waals surface area (Å²) >= 11 is 3.46. The van der Waals surface area contributed by atoms with Crippen molar-refractivity contribution in [3.05, 3.63) is 33.5 Å². The lowest BCUT2D eigenvalue weighted by atomic mass is 10.1. The summed E-state index contributed by atoms with van der Waals surface area (Å²) in [6.07, 6.45) is 2.72. The van der Waals surface area contributed by atoms with E-state index in [9.17, 15) is 4.39 Å². The fourth-order valence-electron chi connectivity index (χ4n) is 1.36. The van der Waals surface area contributed by atoms with Crippen molar-refractivity contribution in [1.29, 1.82) is 0 Å². The monoisotopic (exact) mass is 304 g/mol. The van der Waals surface area contributed by atoms with E-state index in [4.69, 9.17) is 0 Å². The van der Waals surface area contributed by atoms with Crippen molar-refractivity contribution in [2.24, 2.45) is 0 Å². The number of hydrogen-bond donors (Lipinski definition) is 0. The maximum atomic E-state index is 13.3. The molecule has 0 amide bonds. The Hall–Kier alpha value is -0.370. The lowest BCUT2D eigenvalue weighted by Gasteiger charge is -2.06. The van der Waals surface area contributed by atoms with Crippen LogP contribution in [0.3, 0.4) is 0 Å². The van der Waals surface area contributed by atoms with E-state index in [1.807, 2.05) is 40.7 Å². The number of aryl methyl sites for hydroxylation is 2. The molecular weight excluding hydrogens is 279 g/mol. The molecule has 100 valence electrons. The summed E-state index contributed by atoms with van der Waals surface area (Å²) in [4.78, 5) is 0. The van der Waals surface area contributed by atoms with Crippen molar-refractivity contribution in [2.75, 3.05) is 0 Å². The minimum Gasteiger partial charge on any atom is -0.207 e. The van der Waals surface area contributed by atoms with Crippen LogP contribution in [0, 0.1) is 5.82 Å². The van der Waals surface area contributed by atoms with E-state index in [2.05, 4.69) is 22.9 Å². The first-order valence-corrected chi connectivity index (χ1v) is 7.45. The number of hydrogen-bond acceptors (Lipinski definition) is 0. The molecule has 0 heterocycles. The highest BCUT2D eigenvalue weighted by Crippen LogP contribution is 2.22. The number of rotatable bonds is 3. The standard InChI is InChI=1S/C11H14BrF.2C2H6/c1-3-5-9-7-11(13)8(4-2)6-10(9)12;2*1-2/h6-7H,3-5H2,1-2H3;2*1-2H3. The van der Waals surface area contributed by atoms with E-state index in [-0.39, 0.29) is 5.82 Å². The van der Waals surface area contributed by atoms with Crippen LogP contribution in [-0.4, -0.2) is 0 Å². The molecule has 0 aromatic heterocycles. The zero-order valence-corrected chi connectivity index (χ0v) is 13.6. The van der Waals surface area contributed by atoms with E-state index in [0.717, 1.165) is 34.9 Å². The van der Waals surface area contributed by atoms with Gasteiger partial charge in [-0.3, -0.25) is 0 Å². The molecule has 0 nitrogen and oxygen atoms in total. The van der Waals surface area contributed by atoms with Gasteiger partial charge in [0.2, 0.25) is 0 Å². The summed E-state index contributed by atoms with van der Waals surface area (Å²) in [6, 6.07) is 3.53. The van der Waals surface area contributed by atoms with Gasteiger partial charge in [0, 0.05) is 4.47 Å². The maximum Gasteiger partial charge on any atom is 0.126 e. The normalized spacial score (nSPS) is 8.71. The Morgan fingerprint density at radius 1 is 1.00 bits per heavy atom. The van der Waals surface area contributed by atoms with Crippen LogP contribution < -0.4 is 0 Å². The summed E-state index contributed by atoms with van der Waals surface area (Å²) in [5.41, 5.74) is 1.85. The van der Waals surface area contributed by atoms with Gasteiger partial charge in [0.15, 0.2) is 0 Å². The SMILES string of the molecule is CC.CC.CCCc1cc(F)c(CC)cc1Br. The lowest BCUT2D eigenvalue weighted by Crippen LogP contribution is -1.93. The van der Waals surface area contributed by atoms with Gasteiger partial charge >= 0.3 is 0 Å². The number of benzene rings is 1. The lowest BCUT2D eigenvalue weighted by molar-refractivity contribution is 0.609. The van der Waals surface area contributed by atoms with Gasteiger partial charge in [0.25, 0.3) is 0 Å². The topological polar surface area (TPSA) is 0 Å². The van der Waals surface area contributed by atoms with Crippen LogP contribution in [0.1, 0.15) is 59.1 Å². The highest BCUT2D eigenvalue weighted by molar-refractivity contribution is 9.10. The van der Waals surface area contributed by atoms with E-state index >= 15 is 0 Å². The minimum absolute atomic E-state index is 0.0749. The first kappa shape index (κ1) is 19.0. The Labute approximate surface area is 115 Å². The second-order valence-electron chi connectivity index (χ2n) is 3.14. The van der Waals surface area contributed by atoms with Crippen molar-refractivity contribution >= 4 is 15.9 Å². The molecule has 0 N–H and O–H groups in total. The van der Waals surface area contributed by atoms with Crippen LogP contribution in [0.2, 0.25) is 0 Å². The molecule has 0 radical (unpaired) electrons. The predicted molar refractivity (Wildman–Crippen MR) is 80.2 cm³/mol. The minimum atomic E-state index is -0.0749. The molecule has 17 heavy (non-hydrogen) atoms. The molecular formula is C15H26BrF. The van der Waals surface area contributed by atoms with Crippen molar-refractivity contribution in [3.63, 3.8) is 0 Å². The average Bonchev–Trinajstić information content (AvgIpc) is 2.38. The van der Waals surface area contributed by atoms with E-state index < -0.39 is 0 Å². The molecule has 0 spiro atoms. The third-order valence-corrected chi connectivity index (χ3v) is 2.85. The molecule has 0 bridgehead atoms. The molecule has 1 aromatic rings. The smallest absolute Gasteiger partial charge is 0.126 e. The Balaban J connectivity index is 0. The largest absolute Gasteiger partial charge is 0.207 e. The Bertz CT molecular complexity index is 295. The Kier molecular flexibility index (Phi) is 13.5. The van der Waals surface area contributed by atoms with Crippen LogP contribution in [0.4, 0.5) is 4.39 Å². The van der Waals surface area contributed by atoms with Crippen molar-refractivity contribution in [3.8, 4) is 0 Å². The van der Waals surface area contributed by atoms with Gasteiger partial charge in [0.1, 0.15) is 5.82 Å². The zero-order chi connectivity index (χ0) is 13.8. The van der Waals surface area contributed by atoms with Gasteiger partial charge in [-0.05, 0) is 36.1 Å². The fourth-order valence-corrected chi connectivity index (χ4v) is 1.95. The second kappa shape index (κ2) is 12.1. The molecule has 1 aromatic carbocycles. The highest BCUT2D eigenvalue weighted by atomic mass is 79.9. The van der Waals surface area contributed by atoms with Gasteiger partial charge in [-0.25, -0.2) is 4.39 Å².